The first-order chi connectivity index (χ1) is 13.1. The van der Waals surface area contributed by atoms with Gasteiger partial charge in [-0.1, -0.05) is 30.3 Å². The summed E-state index contributed by atoms with van der Waals surface area (Å²) >= 11 is 0. The average Bonchev–Trinajstić information content (AvgIpc) is 2.68. The largest absolute Gasteiger partial charge is 0.497 e. The fraction of sp³-hybridized carbons (Fsp3) is 0.100. The second-order valence-corrected chi connectivity index (χ2v) is 5.66. The summed E-state index contributed by atoms with van der Waals surface area (Å²) in [6.07, 6.45) is 4.09. The Hall–Kier alpha value is -3.48. The lowest BCUT2D eigenvalue weighted by molar-refractivity contribution is 0.415. The van der Waals surface area contributed by atoms with Gasteiger partial charge in [0.2, 0.25) is 0 Å². The van der Waals surface area contributed by atoms with E-state index in [-0.39, 0.29) is 12.4 Å². The molecule has 2 aromatic carbocycles. The standard InChI is InChI=1S/C20H17F2N3O2/c1-27-16-8-6-14(7-9-16)10-11-25-13-18(22)19(24-20(25)26)23-12-15-4-2-3-5-17(15)21/h2-11,13H,12H2,1H3,(H,23,24,26)/b11-10+. The summed E-state index contributed by atoms with van der Waals surface area (Å²) in [5.74, 6) is -0.647. The highest BCUT2D eigenvalue weighted by Gasteiger charge is 2.08. The van der Waals surface area contributed by atoms with Crippen LogP contribution in [0.25, 0.3) is 12.3 Å². The van der Waals surface area contributed by atoms with Crippen molar-refractivity contribution in [3.05, 3.63) is 88.0 Å². The summed E-state index contributed by atoms with van der Waals surface area (Å²) in [6, 6.07) is 13.3. The highest BCUT2D eigenvalue weighted by Crippen LogP contribution is 2.14. The lowest BCUT2D eigenvalue weighted by Gasteiger charge is -2.08. The molecule has 1 N–H and O–H groups in total. The summed E-state index contributed by atoms with van der Waals surface area (Å²) in [4.78, 5) is 15.8. The lowest BCUT2D eigenvalue weighted by Crippen LogP contribution is -2.21. The number of anilines is 1. The van der Waals surface area contributed by atoms with Gasteiger partial charge in [-0.2, -0.15) is 4.98 Å². The number of rotatable bonds is 6. The van der Waals surface area contributed by atoms with E-state index in [0.717, 1.165) is 16.3 Å². The van der Waals surface area contributed by atoms with Crippen LogP contribution in [0.1, 0.15) is 11.1 Å². The fourth-order valence-electron chi connectivity index (χ4n) is 2.38. The van der Waals surface area contributed by atoms with Crippen LogP contribution >= 0.6 is 0 Å². The van der Waals surface area contributed by atoms with Crippen LogP contribution in [0.4, 0.5) is 14.6 Å². The summed E-state index contributed by atoms with van der Waals surface area (Å²) in [6.45, 7) is 0.0156. The molecule has 0 atom stereocenters. The van der Waals surface area contributed by atoms with Gasteiger partial charge in [0.25, 0.3) is 0 Å². The van der Waals surface area contributed by atoms with Crippen molar-refractivity contribution in [1.29, 1.82) is 0 Å². The number of ether oxygens (including phenoxy) is 1. The maximum atomic E-state index is 14.2. The van der Waals surface area contributed by atoms with E-state index in [1.54, 1.807) is 55.7 Å². The average molecular weight is 369 g/mol. The molecule has 0 amide bonds. The monoisotopic (exact) mass is 369 g/mol. The van der Waals surface area contributed by atoms with Gasteiger partial charge in [-0.25, -0.2) is 13.6 Å². The van der Waals surface area contributed by atoms with Gasteiger partial charge in [0.1, 0.15) is 11.6 Å². The number of halogens is 2. The molecule has 27 heavy (non-hydrogen) atoms. The number of methoxy groups -OCH3 is 1. The zero-order valence-electron chi connectivity index (χ0n) is 14.5. The van der Waals surface area contributed by atoms with Crippen LogP contribution in [-0.4, -0.2) is 16.7 Å². The lowest BCUT2D eigenvalue weighted by atomic mass is 10.2. The van der Waals surface area contributed by atoms with E-state index in [2.05, 4.69) is 10.3 Å². The molecule has 0 aliphatic rings. The SMILES string of the molecule is COc1ccc(/C=C/n2cc(F)c(NCc3ccccc3F)nc2=O)cc1. The molecule has 0 radical (unpaired) electrons. The second-order valence-electron chi connectivity index (χ2n) is 5.66. The number of benzene rings is 2. The van der Waals surface area contributed by atoms with E-state index in [0.29, 0.717) is 11.3 Å². The van der Waals surface area contributed by atoms with E-state index in [1.165, 1.54) is 12.3 Å². The Morgan fingerprint density at radius 3 is 2.56 bits per heavy atom. The second kappa shape index (κ2) is 8.27. The van der Waals surface area contributed by atoms with Crippen LogP contribution in [0.5, 0.6) is 5.75 Å². The van der Waals surface area contributed by atoms with Gasteiger partial charge in [-0.3, -0.25) is 4.57 Å². The molecule has 0 unspecified atom stereocenters. The maximum Gasteiger partial charge on any atom is 0.353 e. The van der Waals surface area contributed by atoms with E-state index in [4.69, 9.17) is 4.74 Å². The molecule has 3 aromatic rings. The maximum absolute atomic E-state index is 14.2. The van der Waals surface area contributed by atoms with Crippen molar-refractivity contribution in [1.82, 2.24) is 9.55 Å². The minimum Gasteiger partial charge on any atom is -0.497 e. The molecule has 0 bridgehead atoms. The third-order valence-corrected chi connectivity index (χ3v) is 3.85. The van der Waals surface area contributed by atoms with Crippen molar-refractivity contribution in [2.75, 3.05) is 12.4 Å². The summed E-state index contributed by atoms with van der Waals surface area (Å²) < 4.78 is 33.9. The van der Waals surface area contributed by atoms with E-state index in [9.17, 15) is 13.6 Å². The molecular formula is C20H17F2N3O2. The van der Waals surface area contributed by atoms with Crippen LogP contribution in [0, 0.1) is 11.6 Å². The van der Waals surface area contributed by atoms with Crippen molar-refractivity contribution >= 4 is 18.1 Å². The number of aromatic nitrogens is 2. The summed E-state index contributed by atoms with van der Waals surface area (Å²) in [5, 5.41) is 2.65. The number of nitrogens with one attached hydrogen (secondary N) is 1. The molecule has 3 rings (SSSR count). The zero-order chi connectivity index (χ0) is 19.2. The van der Waals surface area contributed by atoms with Gasteiger partial charge in [-0.05, 0) is 29.8 Å². The minimum absolute atomic E-state index is 0.0156. The highest BCUT2D eigenvalue weighted by atomic mass is 19.1. The van der Waals surface area contributed by atoms with Crippen molar-refractivity contribution in [3.8, 4) is 5.75 Å². The van der Waals surface area contributed by atoms with Crippen LogP contribution in [0.3, 0.4) is 0 Å². The molecule has 0 fully saturated rings. The van der Waals surface area contributed by atoms with E-state index in [1.807, 2.05) is 0 Å². The molecule has 1 aromatic heterocycles. The Bertz CT molecular complexity index is 1010. The molecule has 0 aliphatic heterocycles. The van der Waals surface area contributed by atoms with Gasteiger partial charge in [0.15, 0.2) is 11.6 Å². The Labute approximate surface area is 154 Å². The molecule has 0 saturated heterocycles. The Morgan fingerprint density at radius 2 is 1.85 bits per heavy atom. The van der Waals surface area contributed by atoms with Gasteiger partial charge in [0, 0.05) is 18.3 Å². The third kappa shape index (κ3) is 4.58. The van der Waals surface area contributed by atoms with Crippen molar-refractivity contribution in [2.24, 2.45) is 0 Å². The quantitative estimate of drug-likeness (QED) is 0.719. The minimum atomic E-state index is -0.717. The van der Waals surface area contributed by atoms with E-state index < -0.39 is 17.3 Å². The molecule has 0 spiro atoms. The molecule has 0 saturated carbocycles. The molecule has 7 heteroatoms. The Morgan fingerprint density at radius 1 is 1.11 bits per heavy atom. The van der Waals surface area contributed by atoms with Crippen LogP contribution in [0.2, 0.25) is 0 Å². The normalized spacial score (nSPS) is 10.9. The Kier molecular flexibility index (Phi) is 5.61. The number of nitrogens with zero attached hydrogens (tertiary/aromatic N) is 2. The predicted molar refractivity (Wildman–Crippen MR) is 100 cm³/mol. The summed E-state index contributed by atoms with van der Waals surface area (Å²) in [5.41, 5.74) is 0.504. The van der Waals surface area contributed by atoms with Gasteiger partial charge in [-0.15, -0.1) is 0 Å². The van der Waals surface area contributed by atoms with Gasteiger partial charge < -0.3 is 10.1 Å². The molecule has 1 heterocycles. The van der Waals surface area contributed by atoms with E-state index >= 15 is 0 Å². The first-order valence-electron chi connectivity index (χ1n) is 8.15. The Balaban J connectivity index is 1.75. The summed E-state index contributed by atoms with van der Waals surface area (Å²) in [7, 11) is 1.57. The number of hydrogen-bond donors (Lipinski definition) is 1. The van der Waals surface area contributed by atoms with Crippen molar-refractivity contribution < 1.29 is 13.5 Å². The van der Waals surface area contributed by atoms with Crippen molar-refractivity contribution in [3.63, 3.8) is 0 Å². The van der Waals surface area contributed by atoms with Gasteiger partial charge >= 0.3 is 5.69 Å². The molecule has 138 valence electrons. The zero-order valence-corrected chi connectivity index (χ0v) is 14.5. The fourth-order valence-corrected chi connectivity index (χ4v) is 2.38. The van der Waals surface area contributed by atoms with Gasteiger partial charge in [0.05, 0.1) is 13.3 Å². The molecule has 0 aliphatic carbocycles. The topological polar surface area (TPSA) is 56.1 Å². The van der Waals surface area contributed by atoms with Crippen LogP contribution in [0.15, 0.2) is 59.5 Å². The van der Waals surface area contributed by atoms with Crippen LogP contribution < -0.4 is 15.7 Å². The first-order valence-corrected chi connectivity index (χ1v) is 8.15. The number of hydrogen-bond acceptors (Lipinski definition) is 4. The predicted octanol–water partition coefficient (Wildman–Crippen LogP) is 3.77. The smallest absolute Gasteiger partial charge is 0.353 e. The first kappa shape index (κ1) is 18.3. The molecule has 5 nitrogen and oxygen atoms in total. The van der Waals surface area contributed by atoms with Crippen molar-refractivity contribution in [2.45, 2.75) is 6.54 Å². The molecular weight excluding hydrogens is 352 g/mol. The van der Waals surface area contributed by atoms with Crippen LogP contribution in [-0.2, 0) is 6.54 Å². The highest BCUT2D eigenvalue weighted by molar-refractivity contribution is 5.61. The third-order valence-electron chi connectivity index (χ3n) is 3.85.